The van der Waals surface area contributed by atoms with Crippen LogP contribution in [0.25, 0.3) is 0 Å². The summed E-state index contributed by atoms with van der Waals surface area (Å²) in [5.74, 6) is 0.0302. The Hall–Kier alpha value is -1.62. The summed E-state index contributed by atoms with van der Waals surface area (Å²) in [6.45, 7) is 0.598. The van der Waals surface area contributed by atoms with Crippen LogP contribution < -0.4 is 10.1 Å². The number of carbonyl (C=O) groups is 1. The van der Waals surface area contributed by atoms with Gasteiger partial charge in [-0.1, -0.05) is 0 Å². The predicted octanol–water partition coefficient (Wildman–Crippen LogP) is 2.08. The van der Waals surface area contributed by atoms with Crippen molar-refractivity contribution in [1.82, 2.24) is 10.2 Å². The fourth-order valence-corrected chi connectivity index (χ4v) is 2.27. The summed E-state index contributed by atoms with van der Waals surface area (Å²) in [5.41, 5.74) is 0.847. The van der Waals surface area contributed by atoms with Gasteiger partial charge < -0.3 is 15.0 Å². The Labute approximate surface area is 124 Å². The summed E-state index contributed by atoms with van der Waals surface area (Å²) >= 11 is 0. The van der Waals surface area contributed by atoms with E-state index < -0.39 is 0 Å². The van der Waals surface area contributed by atoms with Gasteiger partial charge in [0.2, 0.25) is 0 Å². The van der Waals surface area contributed by atoms with Crippen molar-refractivity contribution in [1.29, 1.82) is 0 Å². The maximum absolute atomic E-state index is 13.6. The maximum atomic E-state index is 13.6. The van der Waals surface area contributed by atoms with E-state index in [-0.39, 0.29) is 18.3 Å². The van der Waals surface area contributed by atoms with Crippen LogP contribution in [0.3, 0.4) is 0 Å². The molecule has 0 radical (unpaired) electrons. The second-order valence-corrected chi connectivity index (χ2v) is 5.97. The summed E-state index contributed by atoms with van der Waals surface area (Å²) in [4.78, 5) is 13.6. The van der Waals surface area contributed by atoms with E-state index in [1.54, 1.807) is 18.0 Å². The topological polar surface area (TPSA) is 41.6 Å². The first-order valence-electron chi connectivity index (χ1n) is 7.53. The molecule has 2 aliphatic rings. The minimum Gasteiger partial charge on any atom is -0.484 e. The molecule has 2 fully saturated rings. The highest BCUT2D eigenvalue weighted by Gasteiger charge is 2.29. The van der Waals surface area contributed by atoms with Gasteiger partial charge in [0.15, 0.2) is 6.61 Å². The Morgan fingerprint density at radius 3 is 2.76 bits per heavy atom. The van der Waals surface area contributed by atoms with Crippen LogP contribution in [0.15, 0.2) is 18.2 Å². The highest BCUT2D eigenvalue weighted by Crippen LogP contribution is 2.25. The van der Waals surface area contributed by atoms with Crippen LogP contribution >= 0.6 is 0 Å². The van der Waals surface area contributed by atoms with Gasteiger partial charge in [-0.3, -0.25) is 4.79 Å². The van der Waals surface area contributed by atoms with Crippen LogP contribution in [0, 0.1) is 5.82 Å². The van der Waals surface area contributed by atoms with Crippen molar-refractivity contribution in [3.63, 3.8) is 0 Å². The lowest BCUT2D eigenvalue weighted by molar-refractivity contribution is -0.132. The average Bonchev–Trinajstić information content (AvgIpc) is 3.34. The Kier molecular flexibility index (Phi) is 4.10. The smallest absolute Gasteiger partial charge is 0.260 e. The highest BCUT2D eigenvalue weighted by atomic mass is 19.1. The number of halogens is 1. The summed E-state index contributed by atoms with van der Waals surface area (Å²) in [7, 11) is 1.79. The number of hydrogen-bond acceptors (Lipinski definition) is 3. The molecule has 0 atom stereocenters. The lowest BCUT2D eigenvalue weighted by Crippen LogP contribution is -2.33. The molecule has 114 valence electrons. The molecule has 4 nitrogen and oxygen atoms in total. The number of likely N-dealkylation sites (N-methyl/N-ethyl adjacent to an activating group) is 1. The first-order chi connectivity index (χ1) is 10.1. The van der Waals surface area contributed by atoms with Gasteiger partial charge in [0.1, 0.15) is 11.6 Å². The van der Waals surface area contributed by atoms with E-state index in [0.717, 1.165) is 18.4 Å². The monoisotopic (exact) mass is 292 g/mol. The van der Waals surface area contributed by atoms with Gasteiger partial charge in [0.25, 0.3) is 5.91 Å². The molecular weight excluding hydrogens is 271 g/mol. The van der Waals surface area contributed by atoms with Crippen LogP contribution in [0.1, 0.15) is 31.2 Å². The number of amides is 1. The van der Waals surface area contributed by atoms with Crippen LogP contribution in [-0.4, -0.2) is 36.5 Å². The molecule has 2 aliphatic carbocycles. The highest BCUT2D eigenvalue weighted by molar-refractivity contribution is 5.78. The number of hydrogen-bond donors (Lipinski definition) is 1. The van der Waals surface area contributed by atoms with Gasteiger partial charge in [-0.25, -0.2) is 4.39 Å². The summed E-state index contributed by atoms with van der Waals surface area (Å²) in [6.07, 6.45) is 4.53. The third kappa shape index (κ3) is 4.17. The normalized spacial score (nSPS) is 17.6. The predicted molar refractivity (Wildman–Crippen MR) is 77.5 cm³/mol. The van der Waals surface area contributed by atoms with Crippen LogP contribution in [0.5, 0.6) is 5.75 Å². The van der Waals surface area contributed by atoms with Gasteiger partial charge in [0, 0.05) is 31.7 Å². The minimum absolute atomic E-state index is 0.0358. The van der Waals surface area contributed by atoms with Crippen LogP contribution in [-0.2, 0) is 11.3 Å². The van der Waals surface area contributed by atoms with Crippen molar-refractivity contribution in [2.75, 3.05) is 13.7 Å². The number of ether oxygens (including phenoxy) is 1. The first-order valence-corrected chi connectivity index (χ1v) is 7.53. The van der Waals surface area contributed by atoms with E-state index >= 15 is 0 Å². The zero-order valence-corrected chi connectivity index (χ0v) is 12.3. The second-order valence-electron chi connectivity index (χ2n) is 5.97. The third-order valence-electron chi connectivity index (χ3n) is 3.95. The van der Waals surface area contributed by atoms with Crippen molar-refractivity contribution >= 4 is 5.91 Å². The Bertz CT molecular complexity index is 527. The van der Waals surface area contributed by atoms with Gasteiger partial charge in [0.05, 0.1) is 0 Å². The van der Waals surface area contributed by atoms with Gasteiger partial charge >= 0.3 is 0 Å². The number of benzene rings is 1. The summed E-state index contributed by atoms with van der Waals surface area (Å²) in [5, 5.41) is 3.34. The average molecular weight is 292 g/mol. The van der Waals surface area contributed by atoms with E-state index in [1.165, 1.54) is 25.0 Å². The molecule has 0 bridgehead atoms. The number of rotatable bonds is 7. The fraction of sp³-hybridized carbons (Fsp3) is 0.562. The molecule has 0 heterocycles. The van der Waals surface area contributed by atoms with Crippen LogP contribution in [0.4, 0.5) is 4.39 Å². The van der Waals surface area contributed by atoms with Crippen molar-refractivity contribution < 1.29 is 13.9 Å². The molecule has 1 aromatic carbocycles. The Morgan fingerprint density at radius 2 is 2.10 bits per heavy atom. The largest absolute Gasteiger partial charge is 0.484 e. The molecule has 1 amide bonds. The van der Waals surface area contributed by atoms with Crippen LogP contribution in [0.2, 0.25) is 0 Å². The maximum Gasteiger partial charge on any atom is 0.260 e. The molecule has 0 unspecified atom stereocenters. The lowest BCUT2D eigenvalue weighted by Gasteiger charge is -2.16. The summed E-state index contributed by atoms with van der Waals surface area (Å²) in [6, 6.07) is 5.56. The molecule has 1 N–H and O–H groups in total. The Morgan fingerprint density at radius 1 is 1.33 bits per heavy atom. The molecular formula is C16H21FN2O2. The van der Waals surface area contributed by atoms with E-state index in [9.17, 15) is 9.18 Å². The lowest BCUT2D eigenvalue weighted by atomic mass is 10.2. The molecule has 1 aromatic rings. The zero-order valence-electron chi connectivity index (χ0n) is 12.3. The minimum atomic E-state index is -0.330. The van der Waals surface area contributed by atoms with Crippen molar-refractivity contribution in [3.05, 3.63) is 29.6 Å². The molecule has 0 spiro atoms. The fourth-order valence-electron chi connectivity index (χ4n) is 2.27. The quantitative estimate of drug-likeness (QED) is 0.836. The molecule has 2 saturated carbocycles. The van der Waals surface area contributed by atoms with Gasteiger partial charge in [-0.15, -0.1) is 0 Å². The van der Waals surface area contributed by atoms with E-state index in [2.05, 4.69) is 5.32 Å². The molecule has 21 heavy (non-hydrogen) atoms. The molecule has 5 heteroatoms. The van der Waals surface area contributed by atoms with E-state index in [1.807, 2.05) is 0 Å². The standard InChI is InChI=1S/C16H21FN2O2/c1-19(14-4-5-14)16(20)10-21-15-7-11(6-12(17)8-15)9-18-13-2-3-13/h6-8,13-14,18H,2-5,9-10H2,1H3. The summed E-state index contributed by atoms with van der Waals surface area (Å²) < 4.78 is 19.0. The van der Waals surface area contributed by atoms with E-state index in [0.29, 0.717) is 24.4 Å². The first kappa shape index (κ1) is 14.3. The van der Waals surface area contributed by atoms with Crippen molar-refractivity contribution in [2.45, 2.75) is 44.3 Å². The third-order valence-corrected chi connectivity index (χ3v) is 3.95. The molecule has 3 rings (SSSR count). The van der Waals surface area contributed by atoms with Gasteiger partial charge in [-0.05, 0) is 43.4 Å². The number of nitrogens with zero attached hydrogens (tertiary/aromatic N) is 1. The number of carbonyl (C=O) groups excluding carboxylic acids is 1. The molecule has 0 aliphatic heterocycles. The molecule has 0 saturated heterocycles. The van der Waals surface area contributed by atoms with Gasteiger partial charge in [-0.2, -0.15) is 0 Å². The second kappa shape index (κ2) is 6.02. The molecule has 0 aromatic heterocycles. The SMILES string of the molecule is CN(C(=O)COc1cc(F)cc(CNC2CC2)c1)C1CC1. The van der Waals surface area contributed by atoms with Crippen molar-refractivity contribution in [2.24, 2.45) is 0 Å². The van der Waals surface area contributed by atoms with Crippen molar-refractivity contribution in [3.8, 4) is 5.75 Å². The zero-order chi connectivity index (χ0) is 14.8. The van der Waals surface area contributed by atoms with E-state index in [4.69, 9.17) is 4.74 Å². The number of nitrogens with one attached hydrogen (secondary N) is 1. The Balaban J connectivity index is 1.54.